The van der Waals surface area contributed by atoms with E-state index in [4.69, 9.17) is 9.84 Å². The molecule has 0 unspecified atom stereocenters. The molecule has 1 N–H and O–H groups in total. The number of ether oxygens (including phenoxy) is 1. The molecule has 2 aromatic rings. The molecule has 0 spiro atoms. The van der Waals surface area contributed by atoms with Gasteiger partial charge in [0, 0.05) is 37.9 Å². The maximum Gasteiger partial charge on any atom is 0.246 e. The molecule has 156 valence electrons. The fourth-order valence-corrected chi connectivity index (χ4v) is 3.13. The Hall–Kier alpha value is -3.45. The number of aromatic nitrogens is 1. The SMILES string of the molecule is COc1ccc(N2CCN(C(=O)/C=C/c3cccc(/C=C/C(=O)CO)n3)CC2)cc1. The fraction of sp³-hybridized carbons (Fsp3) is 0.261. The van der Waals surface area contributed by atoms with Crippen molar-refractivity contribution in [3.63, 3.8) is 0 Å². The average Bonchev–Trinajstić information content (AvgIpc) is 2.81. The average molecular weight is 407 g/mol. The lowest BCUT2D eigenvalue weighted by atomic mass is 10.2. The molecule has 7 heteroatoms. The van der Waals surface area contributed by atoms with Crippen molar-refractivity contribution in [3.8, 4) is 5.75 Å². The van der Waals surface area contributed by atoms with Crippen LogP contribution >= 0.6 is 0 Å². The van der Waals surface area contributed by atoms with Crippen molar-refractivity contribution in [1.82, 2.24) is 9.88 Å². The Labute approximate surface area is 175 Å². The number of carbonyl (C=O) groups excluding carboxylic acids is 2. The Bertz CT molecular complexity index is 930. The third-order valence-electron chi connectivity index (χ3n) is 4.81. The second-order valence-corrected chi connectivity index (χ2v) is 6.79. The van der Waals surface area contributed by atoms with E-state index in [9.17, 15) is 9.59 Å². The monoisotopic (exact) mass is 407 g/mol. The van der Waals surface area contributed by atoms with Crippen LogP contribution in [-0.2, 0) is 9.59 Å². The van der Waals surface area contributed by atoms with Crippen LogP contribution in [0.2, 0.25) is 0 Å². The van der Waals surface area contributed by atoms with Gasteiger partial charge >= 0.3 is 0 Å². The second-order valence-electron chi connectivity index (χ2n) is 6.79. The summed E-state index contributed by atoms with van der Waals surface area (Å²) in [5, 5.41) is 8.76. The molecule has 1 saturated heterocycles. The molecule has 7 nitrogen and oxygen atoms in total. The number of rotatable bonds is 7. The number of anilines is 1. The van der Waals surface area contributed by atoms with Gasteiger partial charge in [0.15, 0.2) is 5.78 Å². The van der Waals surface area contributed by atoms with Crippen LogP contribution in [0.1, 0.15) is 11.4 Å². The van der Waals surface area contributed by atoms with Crippen molar-refractivity contribution in [2.75, 3.05) is 44.8 Å². The van der Waals surface area contributed by atoms with Gasteiger partial charge in [0.05, 0.1) is 18.5 Å². The summed E-state index contributed by atoms with van der Waals surface area (Å²) in [6.45, 7) is 2.30. The number of carbonyl (C=O) groups is 2. The first-order valence-corrected chi connectivity index (χ1v) is 9.74. The molecule has 1 fully saturated rings. The second kappa shape index (κ2) is 10.4. The van der Waals surface area contributed by atoms with E-state index in [0.717, 1.165) is 24.5 Å². The molecule has 1 amide bonds. The minimum atomic E-state index is -0.531. The van der Waals surface area contributed by atoms with E-state index >= 15 is 0 Å². The molecular weight excluding hydrogens is 382 g/mol. The standard InChI is InChI=1S/C23H25N3O4/c1-30-22-10-7-20(8-11-22)25-13-15-26(16-14-25)23(29)12-6-19-4-2-3-18(24-19)5-9-21(28)17-27/h2-12,27H,13-17H2,1H3/b9-5+,12-6+. The molecule has 30 heavy (non-hydrogen) atoms. The highest BCUT2D eigenvalue weighted by Crippen LogP contribution is 2.20. The predicted molar refractivity (Wildman–Crippen MR) is 116 cm³/mol. The van der Waals surface area contributed by atoms with Crippen LogP contribution in [0.4, 0.5) is 5.69 Å². The third-order valence-corrected chi connectivity index (χ3v) is 4.81. The van der Waals surface area contributed by atoms with Gasteiger partial charge in [-0.15, -0.1) is 0 Å². The zero-order chi connectivity index (χ0) is 21.3. The zero-order valence-corrected chi connectivity index (χ0v) is 16.9. The van der Waals surface area contributed by atoms with Gasteiger partial charge in [-0.2, -0.15) is 0 Å². The molecule has 0 radical (unpaired) electrons. The van der Waals surface area contributed by atoms with E-state index in [1.807, 2.05) is 29.2 Å². The topological polar surface area (TPSA) is 83.0 Å². The summed E-state index contributed by atoms with van der Waals surface area (Å²) >= 11 is 0. The first kappa shape index (κ1) is 21.3. The summed E-state index contributed by atoms with van der Waals surface area (Å²) in [5.41, 5.74) is 2.32. The van der Waals surface area contributed by atoms with Gasteiger partial charge in [0.1, 0.15) is 12.4 Å². The Morgan fingerprint density at radius 1 is 1.00 bits per heavy atom. The highest BCUT2D eigenvalue weighted by Gasteiger charge is 2.19. The Kier molecular flexibility index (Phi) is 7.34. The molecule has 0 aliphatic carbocycles. The van der Waals surface area contributed by atoms with E-state index in [2.05, 4.69) is 9.88 Å². The molecule has 0 saturated carbocycles. The molecule has 1 aliphatic rings. The van der Waals surface area contributed by atoms with E-state index in [1.54, 1.807) is 31.4 Å². The van der Waals surface area contributed by atoms with E-state index in [-0.39, 0.29) is 11.7 Å². The molecule has 1 aromatic heterocycles. The molecule has 2 heterocycles. The van der Waals surface area contributed by atoms with Crippen LogP contribution in [0, 0.1) is 0 Å². The summed E-state index contributed by atoms with van der Waals surface area (Å²) in [6, 6.07) is 13.3. The van der Waals surface area contributed by atoms with Gasteiger partial charge in [0.2, 0.25) is 5.91 Å². The number of pyridine rings is 1. The number of amides is 1. The van der Waals surface area contributed by atoms with Crippen molar-refractivity contribution < 1.29 is 19.4 Å². The Morgan fingerprint density at radius 2 is 1.63 bits per heavy atom. The molecular formula is C23H25N3O4. The summed E-state index contributed by atoms with van der Waals surface area (Å²) in [7, 11) is 1.65. The Balaban J connectivity index is 1.54. The van der Waals surface area contributed by atoms with E-state index < -0.39 is 6.61 Å². The normalized spacial score (nSPS) is 14.5. The van der Waals surface area contributed by atoms with Crippen LogP contribution in [0.25, 0.3) is 12.2 Å². The van der Waals surface area contributed by atoms with Crippen LogP contribution in [0.3, 0.4) is 0 Å². The number of hydrogen-bond acceptors (Lipinski definition) is 6. The molecule has 0 atom stereocenters. The summed E-state index contributed by atoms with van der Waals surface area (Å²) in [5.74, 6) is 0.384. The Morgan fingerprint density at radius 3 is 2.23 bits per heavy atom. The van der Waals surface area contributed by atoms with Crippen molar-refractivity contribution in [3.05, 3.63) is 66.0 Å². The number of methoxy groups -OCH3 is 1. The smallest absolute Gasteiger partial charge is 0.246 e. The molecule has 0 bridgehead atoms. The summed E-state index contributed by atoms with van der Waals surface area (Å²) in [6.07, 6.45) is 6.01. The highest BCUT2D eigenvalue weighted by atomic mass is 16.5. The maximum absolute atomic E-state index is 12.5. The van der Waals surface area contributed by atoms with Gasteiger partial charge < -0.3 is 19.6 Å². The summed E-state index contributed by atoms with van der Waals surface area (Å²) < 4.78 is 5.19. The lowest BCUT2D eigenvalue weighted by Crippen LogP contribution is -2.48. The van der Waals surface area contributed by atoms with Gasteiger partial charge in [-0.25, -0.2) is 4.98 Å². The van der Waals surface area contributed by atoms with Crippen molar-refractivity contribution in [2.45, 2.75) is 0 Å². The first-order chi connectivity index (χ1) is 14.6. The van der Waals surface area contributed by atoms with Crippen molar-refractivity contribution >= 4 is 29.5 Å². The lowest BCUT2D eigenvalue weighted by molar-refractivity contribution is -0.126. The van der Waals surface area contributed by atoms with Crippen LogP contribution in [0.5, 0.6) is 5.75 Å². The highest BCUT2D eigenvalue weighted by molar-refractivity contribution is 5.94. The van der Waals surface area contributed by atoms with Gasteiger partial charge in [-0.1, -0.05) is 6.07 Å². The van der Waals surface area contributed by atoms with Gasteiger partial charge in [-0.3, -0.25) is 9.59 Å². The fourth-order valence-electron chi connectivity index (χ4n) is 3.13. The molecule has 1 aliphatic heterocycles. The minimum absolute atomic E-state index is 0.0532. The van der Waals surface area contributed by atoms with Crippen molar-refractivity contribution in [2.24, 2.45) is 0 Å². The van der Waals surface area contributed by atoms with Crippen LogP contribution in [-0.4, -0.2) is 66.6 Å². The number of hydrogen-bond donors (Lipinski definition) is 1. The van der Waals surface area contributed by atoms with Crippen molar-refractivity contribution in [1.29, 1.82) is 0 Å². The first-order valence-electron chi connectivity index (χ1n) is 9.74. The molecule has 3 rings (SSSR count). The largest absolute Gasteiger partial charge is 0.497 e. The maximum atomic E-state index is 12.5. The number of ketones is 1. The number of piperazine rings is 1. The number of aliphatic hydroxyl groups excluding tert-OH is 1. The zero-order valence-electron chi connectivity index (χ0n) is 16.9. The number of aliphatic hydroxyl groups is 1. The quantitative estimate of drug-likeness (QED) is 0.707. The van der Waals surface area contributed by atoms with E-state index in [0.29, 0.717) is 24.5 Å². The molecule has 1 aromatic carbocycles. The third kappa shape index (κ3) is 5.78. The minimum Gasteiger partial charge on any atom is -0.497 e. The number of nitrogens with zero attached hydrogens (tertiary/aromatic N) is 3. The van der Waals surface area contributed by atoms with Gasteiger partial charge in [-0.05, 0) is 54.6 Å². The van der Waals surface area contributed by atoms with Gasteiger partial charge in [0.25, 0.3) is 0 Å². The van der Waals surface area contributed by atoms with Crippen LogP contribution in [0.15, 0.2) is 54.6 Å². The lowest BCUT2D eigenvalue weighted by Gasteiger charge is -2.35. The van der Waals surface area contributed by atoms with Crippen LogP contribution < -0.4 is 9.64 Å². The summed E-state index contributed by atoms with van der Waals surface area (Å²) in [4.78, 5) is 32.1. The number of benzene rings is 1. The predicted octanol–water partition coefficient (Wildman–Crippen LogP) is 2.03. The van der Waals surface area contributed by atoms with E-state index in [1.165, 1.54) is 18.2 Å².